The summed E-state index contributed by atoms with van der Waals surface area (Å²) in [6.45, 7) is 10.2. The second kappa shape index (κ2) is 7.02. The van der Waals surface area contributed by atoms with Crippen LogP contribution in [-0.2, 0) is 4.74 Å². The van der Waals surface area contributed by atoms with Gasteiger partial charge in [0.05, 0.1) is 12.1 Å². The minimum atomic E-state index is -0.0633. The van der Waals surface area contributed by atoms with Crippen LogP contribution in [0.4, 0.5) is 5.82 Å². The third-order valence-electron chi connectivity index (χ3n) is 4.07. The van der Waals surface area contributed by atoms with E-state index in [1.165, 1.54) is 0 Å². The van der Waals surface area contributed by atoms with Crippen molar-refractivity contribution in [3.8, 4) is 0 Å². The quantitative estimate of drug-likeness (QED) is 0.840. The van der Waals surface area contributed by atoms with Crippen molar-refractivity contribution in [1.29, 1.82) is 0 Å². The average Bonchev–Trinajstić information content (AvgIpc) is 2.53. The molecule has 2 rings (SSSR count). The van der Waals surface area contributed by atoms with Crippen LogP contribution in [0.1, 0.15) is 13.8 Å². The molecule has 1 saturated heterocycles. The van der Waals surface area contributed by atoms with Crippen LogP contribution in [-0.4, -0.2) is 61.4 Å². The number of hydrogen-bond acceptors (Lipinski definition) is 5. The van der Waals surface area contributed by atoms with Crippen molar-refractivity contribution >= 4 is 5.82 Å². The fraction of sp³-hybridized carbons (Fsp3) is 0.667. The Morgan fingerprint density at radius 2 is 2.05 bits per heavy atom. The third-order valence-corrected chi connectivity index (χ3v) is 4.07. The summed E-state index contributed by atoms with van der Waals surface area (Å²) < 4.78 is 5.61. The van der Waals surface area contributed by atoms with Crippen molar-refractivity contribution in [1.82, 2.24) is 9.88 Å². The van der Waals surface area contributed by atoms with Crippen molar-refractivity contribution < 1.29 is 4.74 Å². The highest BCUT2D eigenvalue weighted by atomic mass is 16.5. The lowest BCUT2D eigenvalue weighted by atomic mass is 10.00. The van der Waals surface area contributed by atoms with Gasteiger partial charge in [0.1, 0.15) is 5.82 Å². The van der Waals surface area contributed by atoms with Gasteiger partial charge in [0.15, 0.2) is 0 Å². The first-order valence-electron chi connectivity index (χ1n) is 7.38. The van der Waals surface area contributed by atoms with Gasteiger partial charge in [-0.3, -0.25) is 4.90 Å². The number of aromatic nitrogens is 1. The van der Waals surface area contributed by atoms with Crippen LogP contribution in [0.3, 0.4) is 0 Å². The monoisotopic (exact) mass is 278 g/mol. The van der Waals surface area contributed by atoms with Gasteiger partial charge >= 0.3 is 0 Å². The Kier molecular flexibility index (Phi) is 5.34. The van der Waals surface area contributed by atoms with Crippen molar-refractivity contribution in [2.45, 2.75) is 19.4 Å². The molecule has 0 spiro atoms. The molecule has 1 atom stereocenters. The number of rotatable bonds is 6. The van der Waals surface area contributed by atoms with E-state index in [-0.39, 0.29) is 5.54 Å². The predicted molar refractivity (Wildman–Crippen MR) is 82.0 cm³/mol. The first-order valence-corrected chi connectivity index (χ1v) is 7.38. The maximum atomic E-state index is 5.98. The highest BCUT2D eigenvalue weighted by Crippen LogP contribution is 2.19. The number of hydrogen-bond donors (Lipinski definition) is 1. The van der Waals surface area contributed by atoms with Gasteiger partial charge in [-0.2, -0.15) is 0 Å². The summed E-state index contributed by atoms with van der Waals surface area (Å²) in [5, 5.41) is 0. The van der Waals surface area contributed by atoms with E-state index in [4.69, 9.17) is 10.5 Å². The molecular weight excluding hydrogens is 252 g/mol. The summed E-state index contributed by atoms with van der Waals surface area (Å²) in [5.74, 6) is 1.06. The van der Waals surface area contributed by atoms with Crippen LogP contribution in [0.5, 0.6) is 0 Å². The van der Waals surface area contributed by atoms with Gasteiger partial charge in [-0.05, 0) is 26.0 Å². The fourth-order valence-corrected chi connectivity index (χ4v) is 2.62. The van der Waals surface area contributed by atoms with E-state index < -0.39 is 0 Å². The second-order valence-corrected chi connectivity index (χ2v) is 5.50. The van der Waals surface area contributed by atoms with Crippen LogP contribution in [0.25, 0.3) is 0 Å². The zero-order valence-corrected chi connectivity index (χ0v) is 12.6. The lowest BCUT2D eigenvalue weighted by molar-refractivity contribution is 0.00743. The number of pyridine rings is 1. The number of nitrogens with two attached hydrogens (primary N) is 1. The van der Waals surface area contributed by atoms with Crippen LogP contribution in [0.15, 0.2) is 24.4 Å². The van der Waals surface area contributed by atoms with Crippen molar-refractivity contribution in [2.75, 3.05) is 50.8 Å². The van der Waals surface area contributed by atoms with Gasteiger partial charge in [-0.1, -0.05) is 6.07 Å². The second-order valence-electron chi connectivity index (χ2n) is 5.50. The molecule has 1 fully saturated rings. The van der Waals surface area contributed by atoms with E-state index >= 15 is 0 Å². The number of nitrogens with zero attached hydrogens (tertiary/aromatic N) is 3. The summed E-state index contributed by atoms with van der Waals surface area (Å²) in [6.07, 6.45) is 1.85. The van der Waals surface area contributed by atoms with Crippen LogP contribution < -0.4 is 10.6 Å². The molecular formula is C15H26N4O. The van der Waals surface area contributed by atoms with Crippen LogP contribution in [0, 0.1) is 0 Å². The smallest absolute Gasteiger partial charge is 0.128 e. The molecule has 1 unspecified atom stereocenters. The molecule has 0 bridgehead atoms. The number of anilines is 1. The Bertz CT molecular complexity index is 392. The molecule has 1 aliphatic rings. The maximum Gasteiger partial charge on any atom is 0.128 e. The number of piperazine rings is 1. The molecule has 0 saturated carbocycles. The summed E-state index contributed by atoms with van der Waals surface area (Å²) in [6, 6.07) is 6.05. The van der Waals surface area contributed by atoms with Gasteiger partial charge in [0.25, 0.3) is 0 Å². The fourth-order valence-electron chi connectivity index (χ4n) is 2.62. The van der Waals surface area contributed by atoms with Crippen LogP contribution >= 0.6 is 0 Å². The summed E-state index contributed by atoms with van der Waals surface area (Å²) in [5.41, 5.74) is 5.91. The first kappa shape index (κ1) is 15.2. The SMILES string of the molecule is CCOCC(C)(CN)N1CCN(c2ccccn2)CC1. The minimum Gasteiger partial charge on any atom is -0.380 e. The zero-order valence-electron chi connectivity index (χ0n) is 12.6. The normalized spacial score (nSPS) is 19.9. The standard InChI is InChI=1S/C15H26N4O/c1-3-20-13-15(2,12-16)19-10-8-18(9-11-19)14-6-4-5-7-17-14/h4-7H,3,8-13,16H2,1-2H3. The largest absolute Gasteiger partial charge is 0.380 e. The molecule has 0 aliphatic carbocycles. The molecule has 2 heterocycles. The van der Waals surface area contributed by atoms with Gasteiger partial charge in [0.2, 0.25) is 0 Å². The van der Waals surface area contributed by atoms with Gasteiger partial charge in [-0.25, -0.2) is 4.98 Å². The highest BCUT2D eigenvalue weighted by Gasteiger charge is 2.33. The van der Waals surface area contributed by atoms with Gasteiger partial charge in [0, 0.05) is 45.5 Å². The molecule has 2 N–H and O–H groups in total. The predicted octanol–water partition coefficient (Wildman–Crippen LogP) is 0.958. The Balaban J connectivity index is 1.93. The van der Waals surface area contributed by atoms with E-state index in [1.807, 2.05) is 25.3 Å². The zero-order chi connectivity index (χ0) is 14.4. The number of ether oxygens (including phenoxy) is 1. The van der Waals surface area contributed by atoms with Gasteiger partial charge in [-0.15, -0.1) is 0 Å². The molecule has 5 nitrogen and oxygen atoms in total. The van der Waals surface area contributed by atoms with Crippen molar-refractivity contribution in [3.05, 3.63) is 24.4 Å². The van der Waals surface area contributed by atoms with E-state index in [0.717, 1.165) is 38.6 Å². The molecule has 0 amide bonds. The van der Waals surface area contributed by atoms with Crippen molar-refractivity contribution in [2.24, 2.45) is 5.73 Å². The van der Waals surface area contributed by atoms with Gasteiger partial charge < -0.3 is 15.4 Å². The van der Waals surface area contributed by atoms with E-state index in [2.05, 4.69) is 27.8 Å². The minimum absolute atomic E-state index is 0.0633. The van der Waals surface area contributed by atoms with Crippen molar-refractivity contribution in [3.63, 3.8) is 0 Å². The van der Waals surface area contributed by atoms with E-state index in [1.54, 1.807) is 0 Å². The Labute approximate surface area is 121 Å². The molecule has 112 valence electrons. The first-order chi connectivity index (χ1) is 9.69. The Hall–Kier alpha value is -1.17. The van der Waals surface area contributed by atoms with E-state index in [9.17, 15) is 0 Å². The highest BCUT2D eigenvalue weighted by molar-refractivity contribution is 5.38. The third kappa shape index (κ3) is 3.48. The topological polar surface area (TPSA) is 54.6 Å². The molecule has 20 heavy (non-hydrogen) atoms. The molecule has 1 aliphatic heterocycles. The average molecular weight is 278 g/mol. The van der Waals surface area contributed by atoms with E-state index in [0.29, 0.717) is 13.2 Å². The maximum absolute atomic E-state index is 5.98. The lowest BCUT2D eigenvalue weighted by Crippen LogP contribution is -2.61. The molecule has 0 aromatic carbocycles. The lowest BCUT2D eigenvalue weighted by Gasteiger charge is -2.45. The summed E-state index contributed by atoms with van der Waals surface area (Å²) in [4.78, 5) is 9.19. The summed E-state index contributed by atoms with van der Waals surface area (Å²) >= 11 is 0. The Morgan fingerprint density at radius 1 is 1.30 bits per heavy atom. The molecule has 0 radical (unpaired) electrons. The summed E-state index contributed by atoms with van der Waals surface area (Å²) in [7, 11) is 0. The Morgan fingerprint density at radius 3 is 2.60 bits per heavy atom. The molecule has 5 heteroatoms. The molecule has 1 aromatic rings. The molecule has 1 aromatic heterocycles. The van der Waals surface area contributed by atoms with Crippen LogP contribution in [0.2, 0.25) is 0 Å².